The molecule has 1 heterocycles. The Labute approximate surface area is 286 Å². The van der Waals surface area contributed by atoms with Gasteiger partial charge in [-0.1, -0.05) is 91.0 Å². The van der Waals surface area contributed by atoms with Crippen molar-refractivity contribution in [3.05, 3.63) is 155 Å². The first-order chi connectivity index (χ1) is 23.8. The molecule has 0 radical (unpaired) electrons. The molecule has 5 aromatic rings. The van der Waals surface area contributed by atoms with E-state index in [2.05, 4.69) is 5.32 Å². The Bertz CT molecular complexity index is 1870. The molecule has 252 valence electrons. The zero-order valence-corrected chi connectivity index (χ0v) is 27.7. The number of halogens is 1. The van der Waals surface area contributed by atoms with Gasteiger partial charge in [-0.05, 0) is 65.9 Å². The van der Waals surface area contributed by atoms with Gasteiger partial charge < -0.3 is 19.5 Å². The highest BCUT2D eigenvalue weighted by atomic mass is 32.2. The van der Waals surface area contributed by atoms with Gasteiger partial charge in [0.1, 0.15) is 25.6 Å². The molecule has 1 amide bonds. The van der Waals surface area contributed by atoms with Gasteiger partial charge in [-0.2, -0.15) is 4.31 Å². The van der Waals surface area contributed by atoms with Crippen LogP contribution in [0.5, 0.6) is 17.2 Å². The molecule has 1 saturated heterocycles. The molecule has 5 aromatic carbocycles. The fourth-order valence-corrected chi connectivity index (χ4v) is 7.00. The molecule has 0 atom stereocenters. The van der Waals surface area contributed by atoms with E-state index in [-0.39, 0.29) is 49.8 Å². The van der Waals surface area contributed by atoms with Crippen molar-refractivity contribution in [3.8, 4) is 17.2 Å². The largest absolute Gasteiger partial charge is 0.485 e. The third-order valence-electron chi connectivity index (χ3n) is 8.22. The van der Waals surface area contributed by atoms with Crippen LogP contribution < -0.4 is 19.5 Å². The molecule has 1 aliphatic heterocycles. The second-order valence-corrected chi connectivity index (χ2v) is 13.7. The third-order valence-corrected chi connectivity index (χ3v) is 10.1. The van der Waals surface area contributed by atoms with Gasteiger partial charge in [0.2, 0.25) is 15.8 Å². The fourth-order valence-electron chi connectivity index (χ4n) is 5.53. The molecule has 0 aliphatic carbocycles. The van der Waals surface area contributed by atoms with Crippen molar-refractivity contribution in [2.45, 2.75) is 43.6 Å². The fraction of sp³-hybridized carbons (Fsp3) is 0.205. The number of benzene rings is 5. The van der Waals surface area contributed by atoms with E-state index in [0.717, 1.165) is 28.8 Å². The molecule has 1 fully saturated rings. The molecule has 8 nitrogen and oxygen atoms in total. The average molecular weight is 681 g/mol. The minimum atomic E-state index is -3.78. The molecule has 6 rings (SSSR count). The average Bonchev–Trinajstić information content (AvgIpc) is 3.14. The summed E-state index contributed by atoms with van der Waals surface area (Å²) in [4.78, 5) is 13.8. The highest BCUT2D eigenvalue weighted by Crippen LogP contribution is 2.40. The number of piperidine rings is 1. The summed E-state index contributed by atoms with van der Waals surface area (Å²) in [6.07, 6.45) is 0.832. The summed E-state index contributed by atoms with van der Waals surface area (Å²) in [6.45, 7) is 1.18. The van der Waals surface area contributed by atoms with Gasteiger partial charge >= 0.3 is 0 Å². The monoisotopic (exact) mass is 680 g/mol. The maximum absolute atomic E-state index is 13.8. The second kappa shape index (κ2) is 15.8. The van der Waals surface area contributed by atoms with Crippen LogP contribution in [-0.2, 0) is 29.8 Å². The van der Waals surface area contributed by atoms with Gasteiger partial charge in [0, 0.05) is 24.7 Å². The lowest BCUT2D eigenvalue weighted by Gasteiger charge is -2.31. The lowest BCUT2D eigenvalue weighted by Crippen LogP contribution is -2.46. The number of carbonyl (C=O) groups is 1. The van der Waals surface area contributed by atoms with Gasteiger partial charge in [0.05, 0.1) is 4.90 Å². The SMILES string of the molecule is O=C(NC1CCN(S(=O)(=O)c2ccc(F)cc2)CC1)c1cc(OCc2ccccc2)c(OCc2ccccc2)c(OCc2ccccc2)c1. The topological polar surface area (TPSA) is 94.2 Å². The van der Waals surface area contributed by atoms with Crippen molar-refractivity contribution >= 4 is 15.9 Å². The Kier molecular flexibility index (Phi) is 10.9. The minimum Gasteiger partial charge on any atom is -0.485 e. The zero-order valence-electron chi connectivity index (χ0n) is 26.8. The van der Waals surface area contributed by atoms with Crippen LogP contribution in [0, 0.1) is 5.82 Å². The summed E-state index contributed by atoms with van der Waals surface area (Å²) in [5.74, 6) is 0.250. The molecular formula is C39H37FN2O6S. The van der Waals surface area contributed by atoms with Crippen LogP contribution in [-0.4, -0.2) is 37.8 Å². The lowest BCUT2D eigenvalue weighted by atomic mass is 10.1. The Balaban J connectivity index is 1.23. The number of carbonyl (C=O) groups excluding carboxylic acids is 1. The van der Waals surface area contributed by atoms with Gasteiger partial charge in [-0.15, -0.1) is 0 Å². The van der Waals surface area contributed by atoms with Crippen LogP contribution >= 0.6 is 0 Å². The maximum Gasteiger partial charge on any atom is 0.251 e. The van der Waals surface area contributed by atoms with Crippen LogP contribution in [0.1, 0.15) is 39.9 Å². The molecular weight excluding hydrogens is 644 g/mol. The number of hydrogen-bond acceptors (Lipinski definition) is 6. The van der Waals surface area contributed by atoms with E-state index in [4.69, 9.17) is 14.2 Å². The number of rotatable bonds is 13. The van der Waals surface area contributed by atoms with E-state index in [1.54, 1.807) is 12.1 Å². The summed E-state index contributed by atoms with van der Waals surface area (Å²) in [6, 6.07) is 37.0. The molecule has 10 heteroatoms. The number of amides is 1. The van der Waals surface area contributed by atoms with Gasteiger partial charge in [-0.25, -0.2) is 12.8 Å². The Hall–Kier alpha value is -5.19. The first-order valence-electron chi connectivity index (χ1n) is 16.1. The first kappa shape index (κ1) is 33.7. The summed E-state index contributed by atoms with van der Waals surface area (Å²) in [7, 11) is -3.78. The number of hydrogen-bond donors (Lipinski definition) is 1. The summed E-state index contributed by atoms with van der Waals surface area (Å²) >= 11 is 0. The van der Waals surface area contributed by atoms with Crippen molar-refractivity contribution in [3.63, 3.8) is 0 Å². The van der Waals surface area contributed by atoms with Crippen LogP contribution in [0.25, 0.3) is 0 Å². The molecule has 1 aliphatic rings. The predicted molar refractivity (Wildman–Crippen MR) is 184 cm³/mol. The molecule has 1 N–H and O–H groups in total. The van der Waals surface area contributed by atoms with Crippen molar-refractivity contribution in [1.29, 1.82) is 0 Å². The predicted octanol–water partition coefficient (Wildman–Crippen LogP) is 7.15. The zero-order chi connectivity index (χ0) is 34.1. The Morgan fingerprint density at radius 1 is 0.673 bits per heavy atom. The number of ether oxygens (including phenoxy) is 3. The van der Waals surface area contributed by atoms with E-state index in [1.165, 1.54) is 16.4 Å². The third kappa shape index (κ3) is 8.84. The molecule has 0 bridgehead atoms. The van der Waals surface area contributed by atoms with E-state index < -0.39 is 15.8 Å². The van der Waals surface area contributed by atoms with Crippen LogP contribution in [0.3, 0.4) is 0 Å². The molecule has 0 spiro atoms. The van der Waals surface area contributed by atoms with Crippen LogP contribution in [0.4, 0.5) is 4.39 Å². The number of nitrogens with one attached hydrogen (secondary N) is 1. The minimum absolute atomic E-state index is 0.0389. The van der Waals surface area contributed by atoms with E-state index in [1.807, 2.05) is 91.0 Å². The van der Waals surface area contributed by atoms with Gasteiger partial charge in [-0.3, -0.25) is 4.79 Å². The van der Waals surface area contributed by atoms with Crippen LogP contribution in [0.15, 0.2) is 132 Å². The standard InChI is InChI=1S/C39H37FN2O6S/c40-33-16-18-35(19-17-33)49(44,45)42-22-20-34(21-23-42)41-39(43)32-24-36(46-26-29-10-4-1-5-11-29)38(48-28-31-14-8-3-9-15-31)37(25-32)47-27-30-12-6-2-7-13-30/h1-19,24-25,34H,20-23,26-28H2,(H,41,43). The van der Waals surface area contributed by atoms with Crippen molar-refractivity contribution in [1.82, 2.24) is 9.62 Å². The van der Waals surface area contributed by atoms with Crippen molar-refractivity contribution in [2.24, 2.45) is 0 Å². The molecule has 0 aromatic heterocycles. The van der Waals surface area contributed by atoms with Crippen LogP contribution in [0.2, 0.25) is 0 Å². The summed E-state index contributed by atoms with van der Waals surface area (Å²) < 4.78 is 59.9. The molecule has 49 heavy (non-hydrogen) atoms. The van der Waals surface area contributed by atoms with E-state index >= 15 is 0 Å². The van der Waals surface area contributed by atoms with Crippen molar-refractivity contribution < 1.29 is 31.8 Å². The van der Waals surface area contributed by atoms with Crippen molar-refractivity contribution in [2.75, 3.05) is 13.1 Å². The first-order valence-corrected chi connectivity index (χ1v) is 17.5. The molecule has 0 saturated carbocycles. The smallest absolute Gasteiger partial charge is 0.251 e. The number of nitrogens with zero attached hydrogens (tertiary/aromatic N) is 1. The summed E-state index contributed by atoms with van der Waals surface area (Å²) in [5.41, 5.74) is 3.17. The van der Waals surface area contributed by atoms with Gasteiger partial charge in [0.15, 0.2) is 11.5 Å². The maximum atomic E-state index is 13.8. The normalized spacial score (nSPS) is 13.8. The second-order valence-electron chi connectivity index (χ2n) is 11.7. The number of sulfonamides is 1. The Morgan fingerprint density at radius 2 is 1.12 bits per heavy atom. The lowest BCUT2D eigenvalue weighted by molar-refractivity contribution is 0.0922. The molecule has 0 unspecified atom stereocenters. The highest BCUT2D eigenvalue weighted by molar-refractivity contribution is 7.89. The highest BCUT2D eigenvalue weighted by Gasteiger charge is 2.30. The van der Waals surface area contributed by atoms with Gasteiger partial charge in [0.25, 0.3) is 5.91 Å². The Morgan fingerprint density at radius 3 is 1.59 bits per heavy atom. The quantitative estimate of drug-likeness (QED) is 0.142. The van der Waals surface area contributed by atoms with E-state index in [0.29, 0.717) is 35.7 Å². The van der Waals surface area contributed by atoms with E-state index in [9.17, 15) is 17.6 Å². The summed E-state index contributed by atoms with van der Waals surface area (Å²) in [5, 5.41) is 3.07.